The molecule has 0 saturated carbocycles. The van der Waals surface area contributed by atoms with Crippen LogP contribution in [0.1, 0.15) is 5.56 Å². The average molecular weight is 128 g/mol. The fraction of sp³-hybridized carbons (Fsp3) is 0.143. The van der Waals surface area contributed by atoms with Gasteiger partial charge < -0.3 is 5.11 Å². The van der Waals surface area contributed by atoms with Crippen molar-refractivity contribution in [2.45, 2.75) is 6.92 Å². The van der Waals surface area contributed by atoms with Crippen LogP contribution < -0.4 is 10.9 Å². The molecule has 1 rings (SSSR count). The van der Waals surface area contributed by atoms with Crippen molar-refractivity contribution in [3.05, 3.63) is 17.7 Å². The monoisotopic (exact) mass is 128 g/mol. The van der Waals surface area contributed by atoms with E-state index in [4.69, 9.17) is 20.8 Å². The fourth-order valence-corrected chi connectivity index (χ4v) is 0.836. The van der Waals surface area contributed by atoms with E-state index in [9.17, 15) is 0 Å². The van der Waals surface area contributed by atoms with Gasteiger partial charge in [-0.3, -0.25) is 0 Å². The second-order valence-electron chi connectivity index (χ2n) is 2.28. The molecule has 0 fully saturated rings. The number of hydrogen-bond acceptors (Lipinski definition) is 1. The SMILES string of the molecule is [B]c1cc([B])c(O)c(C)c1. The molecule has 46 valence electrons. The number of benzene rings is 1. The molecule has 3 heteroatoms. The molecule has 1 N–H and O–H groups in total. The zero-order valence-corrected chi connectivity index (χ0v) is 5.76. The highest BCUT2D eigenvalue weighted by Gasteiger charge is 1.98. The molecule has 0 saturated heterocycles. The van der Waals surface area contributed by atoms with Crippen molar-refractivity contribution >= 4 is 26.6 Å². The average Bonchev–Trinajstić information content (AvgIpc) is 1.82. The highest BCUT2D eigenvalue weighted by atomic mass is 16.3. The molecule has 0 aliphatic heterocycles. The summed E-state index contributed by atoms with van der Waals surface area (Å²) in [6.45, 7) is 1.75. The van der Waals surface area contributed by atoms with Gasteiger partial charge in [-0.1, -0.05) is 23.1 Å². The Bertz CT molecular complexity index is 235. The molecule has 0 heterocycles. The van der Waals surface area contributed by atoms with Crippen molar-refractivity contribution < 1.29 is 5.11 Å². The molecule has 0 aliphatic rings. The van der Waals surface area contributed by atoms with E-state index < -0.39 is 0 Å². The maximum absolute atomic E-state index is 9.15. The maximum Gasteiger partial charge on any atom is 0.118 e. The van der Waals surface area contributed by atoms with Crippen molar-refractivity contribution in [2.75, 3.05) is 0 Å². The van der Waals surface area contributed by atoms with Gasteiger partial charge in [0.05, 0.1) is 0 Å². The quantitative estimate of drug-likeness (QED) is 0.457. The lowest BCUT2D eigenvalue weighted by atomic mass is 9.85. The Hall–Kier alpha value is -0.850. The Labute approximate surface area is 62.9 Å². The molecule has 0 atom stereocenters. The minimum Gasteiger partial charge on any atom is -0.508 e. The Kier molecular flexibility index (Phi) is 1.75. The van der Waals surface area contributed by atoms with Crippen LogP contribution in [0.25, 0.3) is 0 Å². The fourth-order valence-electron chi connectivity index (χ4n) is 0.836. The van der Waals surface area contributed by atoms with Crippen LogP contribution in [0.4, 0.5) is 0 Å². The second kappa shape index (κ2) is 2.41. The summed E-state index contributed by atoms with van der Waals surface area (Å²) in [6, 6.07) is 3.20. The lowest BCUT2D eigenvalue weighted by molar-refractivity contribution is 0.475. The van der Waals surface area contributed by atoms with Crippen LogP contribution in [0.15, 0.2) is 12.1 Å². The van der Waals surface area contributed by atoms with Gasteiger partial charge >= 0.3 is 0 Å². The standard InChI is InChI=1S/C7H6B2O/c1-4-2-5(8)3-6(9)7(4)10/h2-3,10H,1H3. The molecule has 4 radical (unpaired) electrons. The second-order valence-corrected chi connectivity index (χ2v) is 2.28. The van der Waals surface area contributed by atoms with Gasteiger partial charge in [-0.2, -0.15) is 0 Å². The van der Waals surface area contributed by atoms with Crippen molar-refractivity contribution in [2.24, 2.45) is 0 Å². The van der Waals surface area contributed by atoms with Gasteiger partial charge in [0.1, 0.15) is 21.4 Å². The van der Waals surface area contributed by atoms with Gasteiger partial charge in [-0.05, 0) is 12.5 Å². The minimum absolute atomic E-state index is 0.120. The maximum atomic E-state index is 9.15. The Balaban J connectivity index is 3.31. The largest absolute Gasteiger partial charge is 0.508 e. The molecule has 1 aromatic rings. The normalized spacial score (nSPS) is 9.70. The molecule has 0 spiro atoms. The van der Waals surface area contributed by atoms with Crippen molar-refractivity contribution in [3.8, 4) is 5.75 Å². The van der Waals surface area contributed by atoms with E-state index >= 15 is 0 Å². The number of phenolic OH excluding ortho intramolecular Hbond substituents is 1. The lowest BCUT2D eigenvalue weighted by Gasteiger charge is -2.03. The summed E-state index contributed by atoms with van der Waals surface area (Å²) in [6.07, 6.45) is 0. The first kappa shape index (κ1) is 7.26. The molecule has 0 aliphatic carbocycles. The number of rotatable bonds is 0. The van der Waals surface area contributed by atoms with Gasteiger partial charge in [0.15, 0.2) is 0 Å². The first-order valence-electron chi connectivity index (χ1n) is 2.96. The summed E-state index contributed by atoms with van der Waals surface area (Å²) < 4.78 is 0. The highest BCUT2D eigenvalue weighted by Crippen LogP contribution is 2.08. The molecular formula is C7H6B2O. The third kappa shape index (κ3) is 1.18. The van der Waals surface area contributed by atoms with Crippen LogP contribution in [0.5, 0.6) is 5.75 Å². The molecule has 1 aromatic carbocycles. The van der Waals surface area contributed by atoms with Gasteiger partial charge in [0.25, 0.3) is 0 Å². The Morgan fingerprint density at radius 2 is 1.90 bits per heavy atom. The predicted octanol–water partition coefficient (Wildman–Crippen LogP) is -0.712. The van der Waals surface area contributed by atoms with Crippen LogP contribution in [-0.2, 0) is 0 Å². The molecule has 0 unspecified atom stereocenters. The van der Waals surface area contributed by atoms with Gasteiger partial charge in [-0.15, -0.1) is 0 Å². The van der Waals surface area contributed by atoms with Crippen LogP contribution in [0.2, 0.25) is 0 Å². The minimum atomic E-state index is 0.120. The van der Waals surface area contributed by atoms with Gasteiger partial charge in [0, 0.05) is 0 Å². The molecule has 0 aromatic heterocycles. The number of phenols is 1. The van der Waals surface area contributed by atoms with E-state index in [1.54, 1.807) is 13.0 Å². The first-order valence-corrected chi connectivity index (χ1v) is 2.96. The van der Waals surface area contributed by atoms with Crippen LogP contribution >= 0.6 is 0 Å². The summed E-state index contributed by atoms with van der Waals surface area (Å²) in [5.41, 5.74) is 1.61. The number of aromatic hydroxyl groups is 1. The predicted molar refractivity (Wildman–Crippen MR) is 43.6 cm³/mol. The van der Waals surface area contributed by atoms with Crippen molar-refractivity contribution in [1.29, 1.82) is 0 Å². The van der Waals surface area contributed by atoms with E-state index in [1.165, 1.54) is 6.07 Å². The molecule has 0 bridgehead atoms. The zero-order chi connectivity index (χ0) is 7.72. The smallest absolute Gasteiger partial charge is 0.118 e. The van der Waals surface area contributed by atoms with Crippen LogP contribution in [-0.4, -0.2) is 20.8 Å². The lowest BCUT2D eigenvalue weighted by Crippen LogP contribution is -2.14. The van der Waals surface area contributed by atoms with E-state index in [-0.39, 0.29) is 5.75 Å². The van der Waals surface area contributed by atoms with Crippen LogP contribution in [0.3, 0.4) is 0 Å². The summed E-state index contributed by atoms with van der Waals surface area (Å²) in [5.74, 6) is 0.120. The van der Waals surface area contributed by atoms with E-state index in [2.05, 4.69) is 0 Å². The molecule has 1 nitrogen and oxygen atoms in total. The number of aryl methyl sites for hydroxylation is 1. The summed E-state index contributed by atoms with van der Waals surface area (Å²) >= 11 is 0. The molecular weight excluding hydrogens is 122 g/mol. The van der Waals surface area contributed by atoms with E-state index in [0.29, 0.717) is 16.5 Å². The Morgan fingerprint density at radius 1 is 1.30 bits per heavy atom. The third-order valence-electron chi connectivity index (χ3n) is 1.35. The van der Waals surface area contributed by atoms with Crippen molar-refractivity contribution in [1.82, 2.24) is 0 Å². The number of hydrogen-bond donors (Lipinski definition) is 1. The Morgan fingerprint density at radius 3 is 2.40 bits per heavy atom. The van der Waals surface area contributed by atoms with E-state index in [1.807, 2.05) is 0 Å². The van der Waals surface area contributed by atoms with E-state index in [0.717, 1.165) is 0 Å². The molecule has 0 amide bonds. The topological polar surface area (TPSA) is 20.2 Å². The van der Waals surface area contributed by atoms with Crippen LogP contribution in [0, 0.1) is 6.92 Å². The first-order chi connectivity index (χ1) is 4.61. The summed E-state index contributed by atoms with van der Waals surface area (Å²) in [7, 11) is 10.8. The third-order valence-corrected chi connectivity index (χ3v) is 1.35. The van der Waals surface area contributed by atoms with Gasteiger partial charge in [-0.25, -0.2) is 0 Å². The molecule has 10 heavy (non-hydrogen) atoms. The summed E-state index contributed by atoms with van der Waals surface area (Å²) in [5, 5.41) is 9.15. The highest BCUT2D eigenvalue weighted by molar-refractivity contribution is 6.39. The van der Waals surface area contributed by atoms with Gasteiger partial charge in [0.2, 0.25) is 0 Å². The van der Waals surface area contributed by atoms with Crippen molar-refractivity contribution in [3.63, 3.8) is 0 Å². The summed E-state index contributed by atoms with van der Waals surface area (Å²) in [4.78, 5) is 0. The zero-order valence-electron chi connectivity index (χ0n) is 5.76.